The fraction of sp³-hybridized carbons (Fsp3) is 0.778. The van der Waals surface area contributed by atoms with Crippen LogP contribution in [0.25, 0.3) is 0 Å². The third-order valence-corrected chi connectivity index (χ3v) is 1.85. The van der Waals surface area contributed by atoms with Crippen molar-refractivity contribution in [2.45, 2.75) is 26.8 Å². The Kier molecular flexibility index (Phi) is 4.56. The van der Waals surface area contributed by atoms with Gasteiger partial charge in [-0.05, 0) is 5.41 Å². The van der Waals surface area contributed by atoms with Gasteiger partial charge in [-0.25, -0.2) is 0 Å². The number of nitrogens with one attached hydrogen (secondary N) is 1. The van der Waals surface area contributed by atoms with Crippen molar-refractivity contribution < 1.29 is 14.3 Å². The number of hydrogen-bond acceptors (Lipinski definition) is 4. The second-order valence-electron chi connectivity index (χ2n) is 4.14. The van der Waals surface area contributed by atoms with E-state index in [0.29, 0.717) is 0 Å². The lowest BCUT2D eigenvalue weighted by Crippen LogP contribution is -2.49. The molecule has 5 nitrogen and oxygen atoms in total. The Hall–Kier alpha value is -1.10. The summed E-state index contributed by atoms with van der Waals surface area (Å²) >= 11 is 0. The van der Waals surface area contributed by atoms with E-state index in [2.05, 4.69) is 10.1 Å². The van der Waals surface area contributed by atoms with Crippen LogP contribution in [0.1, 0.15) is 20.8 Å². The van der Waals surface area contributed by atoms with Crippen molar-refractivity contribution in [3.05, 3.63) is 0 Å². The lowest BCUT2D eigenvalue weighted by atomic mass is 9.87. The molecule has 0 saturated heterocycles. The van der Waals surface area contributed by atoms with Crippen LogP contribution in [0.2, 0.25) is 0 Å². The zero-order chi connectivity index (χ0) is 11.4. The number of hydrogen-bond donors (Lipinski definition) is 2. The Balaban J connectivity index is 4.04. The highest BCUT2D eigenvalue weighted by atomic mass is 16.5. The summed E-state index contributed by atoms with van der Waals surface area (Å²) in [6.45, 7) is 5.43. The average Bonchev–Trinajstić information content (AvgIpc) is 2.10. The third-order valence-electron chi connectivity index (χ3n) is 1.85. The summed E-state index contributed by atoms with van der Waals surface area (Å²) in [5.41, 5.74) is 5.34. The fourth-order valence-electron chi connectivity index (χ4n) is 0.735. The van der Waals surface area contributed by atoms with Crippen molar-refractivity contribution in [2.75, 3.05) is 13.7 Å². The zero-order valence-electron chi connectivity index (χ0n) is 9.09. The predicted octanol–water partition coefficient (Wildman–Crippen LogP) is -0.351. The van der Waals surface area contributed by atoms with Crippen LogP contribution in [-0.2, 0) is 14.3 Å². The molecule has 82 valence electrons. The predicted molar refractivity (Wildman–Crippen MR) is 52.5 cm³/mol. The van der Waals surface area contributed by atoms with Gasteiger partial charge >= 0.3 is 5.97 Å². The van der Waals surface area contributed by atoms with Gasteiger partial charge in [-0.2, -0.15) is 0 Å². The van der Waals surface area contributed by atoms with Gasteiger partial charge in [0.15, 0.2) is 0 Å². The molecule has 0 fully saturated rings. The number of amides is 1. The van der Waals surface area contributed by atoms with Gasteiger partial charge in [0.1, 0.15) is 6.54 Å². The SMILES string of the molecule is COC(=O)CNC(=O)[C@@H](N)C(C)(C)C. The molecule has 0 saturated carbocycles. The molecule has 0 aromatic carbocycles. The van der Waals surface area contributed by atoms with Crippen molar-refractivity contribution in [1.29, 1.82) is 0 Å². The van der Waals surface area contributed by atoms with E-state index < -0.39 is 12.0 Å². The van der Waals surface area contributed by atoms with Gasteiger partial charge < -0.3 is 15.8 Å². The van der Waals surface area contributed by atoms with Gasteiger partial charge in [0.25, 0.3) is 0 Å². The van der Waals surface area contributed by atoms with Gasteiger partial charge in [0.2, 0.25) is 5.91 Å². The van der Waals surface area contributed by atoms with E-state index in [0.717, 1.165) is 0 Å². The average molecular weight is 202 g/mol. The minimum absolute atomic E-state index is 0.140. The monoisotopic (exact) mass is 202 g/mol. The lowest BCUT2D eigenvalue weighted by Gasteiger charge is -2.25. The van der Waals surface area contributed by atoms with Crippen LogP contribution in [0.5, 0.6) is 0 Å². The van der Waals surface area contributed by atoms with Gasteiger partial charge in [-0.3, -0.25) is 9.59 Å². The molecule has 0 spiro atoms. The summed E-state index contributed by atoms with van der Waals surface area (Å²) in [5, 5.41) is 2.40. The van der Waals surface area contributed by atoms with Crippen LogP contribution >= 0.6 is 0 Å². The van der Waals surface area contributed by atoms with Gasteiger partial charge in [-0.15, -0.1) is 0 Å². The minimum atomic E-state index is -0.632. The molecule has 0 bridgehead atoms. The van der Waals surface area contributed by atoms with E-state index in [-0.39, 0.29) is 17.9 Å². The first-order valence-corrected chi connectivity index (χ1v) is 4.39. The molecule has 1 amide bonds. The molecule has 0 aliphatic rings. The number of nitrogens with two attached hydrogens (primary N) is 1. The molecule has 14 heavy (non-hydrogen) atoms. The molecular formula is C9H18N2O3. The highest BCUT2D eigenvalue weighted by Crippen LogP contribution is 2.16. The van der Waals surface area contributed by atoms with E-state index in [4.69, 9.17) is 5.73 Å². The Bertz CT molecular complexity index is 221. The maximum Gasteiger partial charge on any atom is 0.325 e. The number of rotatable bonds is 3. The second kappa shape index (κ2) is 4.95. The van der Waals surface area contributed by atoms with E-state index in [1.807, 2.05) is 20.8 Å². The van der Waals surface area contributed by atoms with Crippen molar-refractivity contribution in [3.8, 4) is 0 Å². The summed E-state index contributed by atoms with van der Waals surface area (Å²) in [6.07, 6.45) is 0. The van der Waals surface area contributed by atoms with Crippen molar-refractivity contribution in [2.24, 2.45) is 11.1 Å². The summed E-state index contributed by atoms with van der Waals surface area (Å²) in [6, 6.07) is -0.632. The summed E-state index contributed by atoms with van der Waals surface area (Å²) in [5.74, 6) is -0.831. The number of ether oxygens (including phenoxy) is 1. The summed E-state index contributed by atoms with van der Waals surface area (Å²) in [7, 11) is 1.26. The minimum Gasteiger partial charge on any atom is -0.468 e. The maximum absolute atomic E-state index is 11.4. The van der Waals surface area contributed by atoms with Crippen LogP contribution < -0.4 is 11.1 Å². The molecular weight excluding hydrogens is 184 g/mol. The molecule has 0 radical (unpaired) electrons. The largest absolute Gasteiger partial charge is 0.468 e. The van der Waals surface area contributed by atoms with Gasteiger partial charge in [0.05, 0.1) is 13.2 Å². The second-order valence-corrected chi connectivity index (χ2v) is 4.14. The van der Waals surface area contributed by atoms with Crippen LogP contribution in [0.3, 0.4) is 0 Å². The quantitative estimate of drug-likeness (QED) is 0.613. The van der Waals surface area contributed by atoms with Crippen LogP contribution in [0, 0.1) is 5.41 Å². The summed E-state index contributed by atoms with van der Waals surface area (Å²) < 4.78 is 4.37. The number of methoxy groups -OCH3 is 1. The zero-order valence-corrected chi connectivity index (χ0v) is 9.09. The van der Waals surface area contributed by atoms with Gasteiger partial charge in [-0.1, -0.05) is 20.8 Å². The molecule has 0 aliphatic heterocycles. The molecule has 0 aromatic rings. The number of carbonyl (C=O) groups is 2. The van der Waals surface area contributed by atoms with E-state index in [9.17, 15) is 9.59 Å². The van der Waals surface area contributed by atoms with Crippen LogP contribution in [0.15, 0.2) is 0 Å². The topological polar surface area (TPSA) is 81.4 Å². The highest BCUT2D eigenvalue weighted by molar-refractivity contribution is 5.85. The third kappa shape index (κ3) is 4.23. The van der Waals surface area contributed by atoms with Crippen LogP contribution in [0.4, 0.5) is 0 Å². The molecule has 0 rings (SSSR count). The Morgan fingerprint density at radius 2 is 1.93 bits per heavy atom. The number of esters is 1. The normalized spacial score (nSPS) is 13.2. The van der Waals surface area contributed by atoms with E-state index in [1.165, 1.54) is 7.11 Å². The van der Waals surface area contributed by atoms with E-state index >= 15 is 0 Å². The van der Waals surface area contributed by atoms with Crippen LogP contribution in [-0.4, -0.2) is 31.6 Å². The number of carbonyl (C=O) groups excluding carboxylic acids is 2. The van der Waals surface area contributed by atoms with Crippen molar-refractivity contribution in [3.63, 3.8) is 0 Å². The first-order valence-electron chi connectivity index (χ1n) is 4.39. The molecule has 0 heterocycles. The molecule has 3 N–H and O–H groups in total. The Morgan fingerprint density at radius 1 is 1.43 bits per heavy atom. The van der Waals surface area contributed by atoms with Crippen molar-refractivity contribution >= 4 is 11.9 Å². The van der Waals surface area contributed by atoms with E-state index in [1.54, 1.807) is 0 Å². The molecule has 0 unspecified atom stereocenters. The smallest absolute Gasteiger partial charge is 0.325 e. The first-order chi connectivity index (χ1) is 6.29. The molecule has 5 heteroatoms. The molecule has 0 aromatic heterocycles. The fourth-order valence-corrected chi connectivity index (χ4v) is 0.735. The summed E-state index contributed by atoms with van der Waals surface area (Å²) in [4.78, 5) is 22.1. The first kappa shape index (κ1) is 12.9. The molecule has 0 aliphatic carbocycles. The standard InChI is InChI=1S/C9H18N2O3/c1-9(2,3)7(10)8(13)11-5-6(12)14-4/h7H,5,10H2,1-4H3,(H,11,13)/t7-/m1/s1. The van der Waals surface area contributed by atoms with Crippen molar-refractivity contribution in [1.82, 2.24) is 5.32 Å². The lowest BCUT2D eigenvalue weighted by molar-refractivity contribution is -0.141. The Morgan fingerprint density at radius 3 is 2.29 bits per heavy atom. The van der Waals surface area contributed by atoms with Gasteiger partial charge in [0, 0.05) is 0 Å². The molecule has 1 atom stereocenters. The highest BCUT2D eigenvalue weighted by Gasteiger charge is 2.27. The maximum atomic E-state index is 11.4. The Labute approximate surface area is 84.0 Å².